The number of hydrogen-bond donors (Lipinski definition) is 4. The molecule has 5 nitrogen and oxygen atoms in total. The molecule has 0 aliphatic carbocycles. The van der Waals surface area contributed by atoms with Gasteiger partial charge in [-0.3, -0.25) is 4.79 Å². The number of carboxylic acids is 1. The molecule has 94 valence electrons. The van der Waals surface area contributed by atoms with E-state index in [0.29, 0.717) is 10.9 Å². The summed E-state index contributed by atoms with van der Waals surface area (Å²) in [4.78, 5) is 10.7. The number of carbonyl (C=O) groups is 1. The maximum atomic E-state index is 10.7. The summed E-state index contributed by atoms with van der Waals surface area (Å²) in [6.45, 7) is 0. The third-order valence-electron chi connectivity index (χ3n) is 2.79. The molecule has 0 aliphatic heterocycles. The molecule has 0 aliphatic rings. The van der Waals surface area contributed by atoms with Crippen LogP contribution in [0.2, 0.25) is 0 Å². The summed E-state index contributed by atoms with van der Waals surface area (Å²) in [6.07, 6.45) is -0.289. The van der Waals surface area contributed by atoms with Crippen molar-refractivity contribution < 1.29 is 20.1 Å². The zero-order chi connectivity index (χ0) is 13.3. The monoisotopic (exact) mass is 247 g/mol. The number of benzene rings is 2. The van der Waals surface area contributed by atoms with Gasteiger partial charge in [-0.1, -0.05) is 12.1 Å². The first-order valence-electron chi connectivity index (χ1n) is 5.41. The number of aromatic hydroxyl groups is 2. The van der Waals surface area contributed by atoms with Crippen LogP contribution in [0.3, 0.4) is 0 Å². The van der Waals surface area contributed by atoms with E-state index in [2.05, 4.69) is 0 Å². The molecular formula is C13H13NO4. The smallest absolute Gasteiger partial charge is 0.305 e. The van der Waals surface area contributed by atoms with E-state index < -0.39 is 12.0 Å². The van der Waals surface area contributed by atoms with Crippen molar-refractivity contribution in [3.05, 3.63) is 35.9 Å². The highest BCUT2D eigenvalue weighted by Gasteiger charge is 2.17. The molecule has 0 amide bonds. The minimum absolute atomic E-state index is 0.0388. The van der Waals surface area contributed by atoms with Gasteiger partial charge in [-0.15, -0.1) is 0 Å². The van der Waals surface area contributed by atoms with Gasteiger partial charge in [0, 0.05) is 11.6 Å². The van der Waals surface area contributed by atoms with E-state index >= 15 is 0 Å². The topological polar surface area (TPSA) is 104 Å². The number of nitrogens with two attached hydrogens (primary N) is 1. The van der Waals surface area contributed by atoms with Crippen LogP contribution in [-0.2, 0) is 4.79 Å². The van der Waals surface area contributed by atoms with Crippen molar-refractivity contribution in [3.8, 4) is 11.5 Å². The second-order valence-electron chi connectivity index (χ2n) is 4.11. The molecule has 0 saturated heterocycles. The highest BCUT2D eigenvalue weighted by Crippen LogP contribution is 2.34. The Labute approximate surface area is 103 Å². The van der Waals surface area contributed by atoms with Gasteiger partial charge in [0.05, 0.1) is 6.42 Å². The fourth-order valence-corrected chi connectivity index (χ4v) is 2.00. The van der Waals surface area contributed by atoms with E-state index in [1.54, 1.807) is 12.1 Å². The third kappa shape index (κ3) is 2.21. The molecule has 0 radical (unpaired) electrons. The zero-order valence-electron chi connectivity index (χ0n) is 9.50. The molecule has 0 aromatic heterocycles. The minimum Gasteiger partial charge on any atom is -0.508 e. The van der Waals surface area contributed by atoms with Crippen molar-refractivity contribution in [2.75, 3.05) is 0 Å². The number of rotatable bonds is 3. The molecule has 5 heteroatoms. The van der Waals surface area contributed by atoms with Crippen molar-refractivity contribution in [2.24, 2.45) is 5.73 Å². The molecule has 0 heterocycles. The highest BCUT2D eigenvalue weighted by atomic mass is 16.4. The molecule has 2 aromatic carbocycles. The standard InChI is InChI=1S/C13H13NO4/c14-10(6-12(17)18)13-9-5-8(15)3-1-7(9)2-4-11(13)16/h1-5,10,15-16H,6,14H2,(H,17,18). The summed E-state index contributed by atoms with van der Waals surface area (Å²) in [6, 6.07) is 6.99. The molecule has 0 saturated carbocycles. The zero-order valence-corrected chi connectivity index (χ0v) is 9.50. The van der Waals surface area contributed by atoms with Gasteiger partial charge in [0.1, 0.15) is 11.5 Å². The molecule has 0 fully saturated rings. The van der Waals surface area contributed by atoms with Crippen LogP contribution in [0.4, 0.5) is 0 Å². The van der Waals surface area contributed by atoms with Crippen LogP contribution in [0.1, 0.15) is 18.0 Å². The van der Waals surface area contributed by atoms with Gasteiger partial charge in [-0.05, 0) is 29.0 Å². The summed E-state index contributed by atoms with van der Waals surface area (Å²) in [5.41, 5.74) is 6.13. The number of carboxylic acid groups (broad SMARTS) is 1. The van der Waals surface area contributed by atoms with Gasteiger partial charge in [0.25, 0.3) is 0 Å². The predicted molar refractivity (Wildman–Crippen MR) is 66.5 cm³/mol. The lowest BCUT2D eigenvalue weighted by Gasteiger charge is -2.15. The second kappa shape index (κ2) is 4.54. The van der Waals surface area contributed by atoms with Crippen LogP contribution in [0.15, 0.2) is 30.3 Å². The molecular weight excluding hydrogens is 234 g/mol. The Morgan fingerprint density at radius 2 is 1.89 bits per heavy atom. The molecule has 1 unspecified atom stereocenters. The van der Waals surface area contributed by atoms with Crippen molar-refractivity contribution in [2.45, 2.75) is 12.5 Å². The maximum Gasteiger partial charge on any atom is 0.305 e. The van der Waals surface area contributed by atoms with E-state index in [0.717, 1.165) is 5.39 Å². The van der Waals surface area contributed by atoms with Gasteiger partial charge >= 0.3 is 5.97 Å². The third-order valence-corrected chi connectivity index (χ3v) is 2.79. The van der Waals surface area contributed by atoms with Crippen molar-refractivity contribution >= 4 is 16.7 Å². The van der Waals surface area contributed by atoms with Crippen molar-refractivity contribution in [1.29, 1.82) is 0 Å². The molecule has 0 bridgehead atoms. The first kappa shape index (κ1) is 12.2. The quantitative estimate of drug-likeness (QED) is 0.661. The van der Waals surface area contributed by atoms with E-state index in [4.69, 9.17) is 10.8 Å². The van der Waals surface area contributed by atoms with Gasteiger partial charge in [0.15, 0.2) is 0 Å². The molecule has 5 N–H and O–H groups in total. The highest BCUT2D eigenvalue weighted by molar-refractivity contribution is 5.89. The summed E-state index contributed by atoms with van der Waals surface area (Å²) in [5, 5.41) is 29.4. The lowest BCUT2D eigenvalue weighted by Crippen LogP contribution is -2.15. The average molecular weight is 247 g/mol. The molecule has 1 atom stereocenters. The van der Waals surface area contributed by atoms with E-state index in [1.807, 2.05) is 0 Å². The van der Waals surface area contributed by atoms with Gasteiger partial charge in [0.2, 0.25) is 0 Å². The summed E-state index contributed by atoms with van der Waals surface area (Å²) in [7, 11) is 0. The largest absolute Gasteiger partial charge is 0.508 e. The van der Waals surface area contributed by atoms with Crippen molar-refractivity contribution in [1.82, 2.24) is 0 Å². The Morgan fingerprint density at radius 3 is 2.56 bits per heavy atom. The first-order chi connectivity index (χ1) is 8.49. The number of hydrogen-bond acceptors (Lipinski definition) is 4. The Bertz CT molecular complexity index is 604. The summed E-state index contributed by atoms with van der Waals surface area (Å²) < 4.78 is 0. The van der Waals surface area contributed by atoms with E-state index in [9.17, 15) is 15.0 Å². The number of aliphatic carboxylic acids is 1. The Kier molecular flexibility index (Phi) is 3.08. The number of phenols is 2. The first-order valence-corrected chi connectivity index (χ1v) is 5.41. The Hall–Kier alpha value is -2.27. The van der Waals surface area contributed by atoms with Crippen LogP contribution in [0, 0.1) is 0 Å². The fourth-order valence-electron chi connectivity index (χ4n) is 2.00. The number of fused-ring (bicyclic) bond motifs is 1. The van der Waals surface area contributed by atoms with E-state index in [1.165, 1.54) is 18.2 Å². The molecule has 2 rings (SSSR count). The summed E-state index contributed by atoms with van der Waals surface area (Å²) >= 11 is 0. The van der Waals surface area contributed by atoms with Crippen LogP contribution in [0.25, 0.3) is 10.8 Å². The van der Waals surface area contributed by atoms with Gasteiger partial charge in [-0.25, -0.2) is 0 Å². The average Bonchev–Trinajstić information content (AvgIpc) is 2.27. The second-order valence-corrected chi connectivity index (χ2v) is 4.11. The molecule has 2 aromatic rings. The number of phenolic OH excluding ortho intramolecular Hbond substituents is 2. The maximum absolute atomic E-state index is 10.7. The van der Waals surface area contributed by atoms with Crippen LogP contribution in [-0.4, -0.2) is 21.3 Å². The van der Waals surface area contributed by atoms with Gasteiger partial charge < -0.3 is 21.1 Å². The van der Waals surface area contributed by atoms with Crippen LogP contribution >= 0.6 is 0 Å². The molecule has 0 spiro atoms. The summed E-state index contributed by atoms with van der Waals surface area (Å²) in [5.74, 6) is -1.07. The SMILES string of the molecule is NC(CC(=O)O)c1c(O)ccc2ccc(O)cc12. The van der Waals surface area contributed by atoms with Crippen LogP contribution < -0.4 is 5.73 Å². The predicted octanol–water partition coefficient (Wildman–Crippen LogP) is 1.73. The fraction of sp³-hybridized carbons (Fsp3) is 0.154. The lowest BCUT2D eigenvalue weighted by molar-refractivity contribution is -0.137. The van der Waals surface area contributed by atoms with Crippen molar-refractivity contribution in [3.63, 3.8) is 0 Å². The van der Waals surface area contributed by atoms with E-state index in [-0.39, 0.29) is 17.9 Å². The van der Waals surface area contributed by atoms with Gasteiger partial charge in [-0.2, -0.15) is 0 Å². The minimum atomic E-state index is -1.04. The van der Waals surface area contributed by atoms with Crippen LogP contribution in [0.5, 0.6) is 11.5 Å². The molecule has 18 heavy (non-hydrogen) atoms. The normalized spacial score (nSPS) is 12.5. The Morgan fingerprint density at radius 1 is 1.22 bits per heavy atom. The lowest BCUT2D eigenvalue weighted by atomic mass is 9.96. The Balaban J connectivity index is 2.63.